The van der Waals surface area contributed by atoms with Gasteiger partial charge in [-0.05, 0) is 59.0 Å². The first kappa shape index (κ1) is 20.3. The molecule has 3 aromatic heterocycles. The molecule has 0 atom stereocenters. The maximum Gasteiger partial charge on any atom is 0.258 e. The fourth-order valence-corrected chi connectivity index (χ4v) is 4.69. The molecule has 0 unspecified atom stereocenters. The lowest BCUT2D eigenvalue weighted by atomic mass is 9.93. The lowest BCUT2D eigenvalue weighted by molar-refractivity contribution is 0.0814. The van der Waals surface area contributed by atoms with Crippen molar-refractivity contribution in [1.82, 2.24) is 24.8 Å². The van der Waals surface area contributed by atoms with Gasteiger partial charge in [0.05, 0.1) is 11.1 Å². The van der Waals surface area contributed by atoms with Gasteiger partial charge >= 0.3 is 0 Å². The van der Waals surface area contributed by atoms with Gasteiger partial charge in [-0.2, -0.15) is 0 Å². The lowest BCUT2D eigenvalue weighted by Gasteiger charge is -2.14. The second-order valence-electron chi connectivity index (χ2n) is 8.62. The minimum Gasteiger partial charge on any atom is -0.505 e. The maximum atomic E-state index is 13.3. The van der Waals surface area contributed by atoms with Crippen molar-refractivity contribution in [3.05, 3.63) is 94.3 Å². The number of imidazole rings is 1. The topological polar surface area (TPSA) is 95.0 Å². The van der Waals surface area contributed by atoms with Crippen molar-refractivity contribution in [1.29, 1.82) is 0 Å². The molecule has 0 spiro atoms. The summed E-state index contributed by atoms with van der Waals surface area (Å²) in [6.45, 7) is 0.396. The largest absolute Gasteiger partial charge is 0.505 e. The van der Waals surface area contributed by atoms with Gasteiger partial charge in [0, 0.05) is 37.8 Å². The number of hydrogen-bond donors (Lipinski definition) is 2. The summed E-state index contributed by atoms with van der Waals surface area (Å²) in [6.07, 6.45) is 4.38. The molecule has 2 N–H and O–H groups in total. The van der Waals surface area contributed by atoms with E-state index in [0.717, 1.165) is 33.2 Å². The van der Waals surface area contributed by atoms with Crippen molar-refractivity contribution >= 4 is 28.0 Å². The van der Waals surface area contributed by atoms with Crippen LogP contribution in [0.4, 0.5) is 4.39 Å². The smallest absolute Gasteiger partial charge is 0.258 e. The molecule has 2 aromatic carbocycles. The Bertz CT molecular complexity index is 1560. The Morgan fingerprint density at radius 1 is 1.12 bits per heavy atom. The zero-order valence-electron chi connectivity index (χ0n) is 18.3. The second kappa shape index (κ2) is 7.62. The molecule has 6 rings (SSSR count). The quantitative estimate of drug-likeness (QED) is 0.427. The van der Waals surface area contributed by atoms with E-state index in [0.29, 0.717) is 41.9 Å². The van der Waals surface area contributed by atoms with Gasteiger partial charge in [0.2, 0.25) is 0 Å². The van der Waals surface area contributed by atoms with E-state index in [1.54, 1.807) is 36.5 Å². The number of phenols is 1. The highest BCUT2D eigenvalue weighted by molar-refractivity contribution is 6.07. The van der Waals surface area contributed by atoms with Gasteiger partial charge in [0.1, 0.15) is 17.2 Å². The molecule has 5 aromatic rings. The molecule has 1 aliphatic heterocycles. The number of benzene rings is 2. The number of hydrogen-bond acceptors (Lipinski definition) is 5. The van der Waals surface area contributed by atoms with Gasteiger partial charge < -0.3 is 15.0 Å². The van der Waals surface area contributed by atoms with E-state index in [9.17, 15) is 14.3 Å². The SMILES string of the molecule is CN1Cc2c(c(O)c3ncc(Cc4ccc(F)cc4)cc3c2Cc2nc3ncccc3[nH]2)C1=O. The summed E-state index contributed by atoms with van der Waals surface area (Å²) < 4.78 is 13.3. The van der Waals surface area contributed by atoms with Crippen molar-refractivity contribution in [3.63, 3.8) is 0 Å². The van der Waals surface area contributed by atoms with Gasteiger partial charge in [-0.1, -0.05) is 12.1 Å². The molecule has 1 aliphatic rings. The van der Waals surface area contributed by atoms with Gasteiger partial charge in [0.15, 0.2) is 11.4 Å². The van der Waals surface area contributed by atoms with E-state index < -0.39 is 0 Å². The van der Waals surface area contributed by atoms with Crippen molar-refractivity contribution in [2.24, 2.45) is 0 Å². The Morgan fingerprint density at radius 3 is 2.74 bits per heavy atom. The summed E-state index contributed by atoms with van der Waals surface area (Å²) in [5.41, 5.74) is 5.70. The molecule has 0 radical (unpaired) electrons. The average Bonchev–Trinajstić information content (AvgIpc) is 3.38. The van der Waals surface area contributed by atoms with Crippen LogP contribution in [0, 0.1) is 5.82 Å². The zero-order valence-corrected chi connectivity index (χ0v) is 18.3. The molecular formula is C26H20FN5O2. The zero-order chi connectivity index (χ0) is 23.4. The van der Waals surface area contributed by atoms with Gasteiger partial charge in [-0.15, -0.1) is 0 Å². The molecule has 0 saturated heterocycles. The molecule has 4 heterocycles. The molecule has 0 fully saturated rings. The average molecular weight is 453 g/mol. The number of aromatic amines is 1. The van der Waals surface area contributed by atoms with Gasteiger partial charge in [-0.25, -0.2) is 14.4 Å². The second-order valence-corrected chi connectivity index (χ2v) is 8.62. The van der Waals surface area contributed by atoms with Crippen LogP contribution >= 0.6 is 0 Å². The monoisotopic (exact) mass is 453 g/mol. The van der Waals surface area contributed by atoms with Crippen LogP contribution in [0.2, 0.25) is 0 Å². The fourth-order valence-electron chi connectivity index (χ4n) is 4.69. The number of aromatic hydroxyl groups is 1. The molecule has 0 saturated carbocycles. The number of carbonyl (C=O) groups is 1. The van der Waals surface area contributed by atoms with Crippen LogP contribution in [-0.2, 0) is 19.4 Å². The molecule has 0 bridgehead atoms. The molecule has 1 amide bonds. The normalized spacial score (nSPS) is 13.2. The van der Waals surface area contributed by atoms with Crippen molar-refractivity contribution < 1.29 is 14.3 Å². The number of nitrogens with zero attached hydrogens (tertiary/aromatic N) is 4. The molecule has 168 valence electrons. The number of amides is 1. The van der Waals surface area contributed by atoms with Crippen LogP contribution in [-0.4, -0.2) is 42.9 Å². The predicted octanol–water partition coefficient (Wildman–Crippen LogP) is 4.12. The standard InChI is InChI=1S/C26H20FN5O2/c1-32-13-19-17(11-21-30-20-3-2-8-28-25(20)31-21)18-10-15(9-14-4-6-16(27)7-5-14)12-29-23(18)24(33)22(19)26(32)34/h2-8,10,12,33H,9,11,13H2,1H3,(H,28,30,31). The Hall–Kier alpha value is -4.33. The summed E-state index contributed by atoms with van der Waals surface area (Å²) >= 11 is 0. The number of pyridine rings is 2. The molecule has 8 heteroatoms. The number of fused-ring (bicyclic) bond motifs is 3. The lowest BCUT2D eigenvalue weighted by Crippen LogP contribution is -2.17. The van der Waals surface area contributed by atoms with E-state index in [-0.39, 0.29) is 17.5 Å². The predicted molar refractivity (Wildman–Crippen MR) is 125 cm³/mol. The van der Waals surface area contributed by atoms with E-state index in [1.165, 1.54) is 12.1 Å². The Balaban J connectivity index is 1.52. The van der Waals surface area contributed by atoms with Crippen LogP contribution in [0.3, 0.4) is 0 Å². The Kier molecular flexibility index (Phi) is 4.55. The third-order valence-corrected chi connectivity index (χ3v) is 6.32. The van der Waals surface area contributed by atoms with Gasteiger partial charge in [-0.3, -0.25) is 9.78 Å². The van der Waals surface area contributed by atoms with Crippen molar-refractivity contribution in [2.45, 2.75) is 19.4 Å². The summed E-state index contributed by atoms with van der Waals surface area (Å²) in [5.74, 6) is 0.118. The van der Waals surface area contributed by atoms with E-state index in [1.807, 2.05) is 18.2 Å². The number of rotatable bonds is 4. The van der Waals surface area contributed by atoms with Crippen LogP contribution < -0.4 is 0 Å². The van der Waals surface area contributed by atoms with E-state index >= 15 is 0 Å². The molecular weight excluding hydrogens is 433 g/mol. The minimum absolute atomic E-state index is 0.0947. The summed E-state index contributed by atoms with van der Waals surface area (Å²) in [7, 11) is 1.72. The number of carbonyl (C=O) groups excluding carboxylic acids is 1. The number of phenolic OH excluding ortho intramolecular Hbond substituents is 1. The third-order valence-electron chi connectivity index (χ3n) is 6.32. The highest BCUT2D eigenvalue weighted by atomic mass is 19.1. The number of aromatic nitrogens is 4. The number of halogens is 1. The van der Waals surface area contributed by atoms with Crippen LogP contribution in [0.25, 0.3) is 22.1 Å². The van der Waals surface area contributed by atoms with Crippen LogP contribution in [0.5, 0.6) is 5.75 Å². The number of H-pyrrole nitrogens is 1. The Labute approximate surface area is 193 Å². The highest BCUT2D eigenvalue weighted by Crippen LogP contribution is 2.40. The molecule has 0 aliphatic carbocycles. The summed E-state index contributed by atoms with van der Waals surface area (Å²) in [6, 6.07) is 12.1. The van der Waals surface area contributed by atoms with E-state index in [2.05, 4.69) is 19.9 Å². The van der Waals surface area contributed by atoms with E-state index in [4.69, 9.17) is 0 Å². The highest BCUT2D eigenvalue weighted by Gasteiger charge is 2.33. The van der Waals surface area contributed by atoms with Crippen LogP contribution in [0.15, 0.2) is 54.9 Å². The van der Waals surface area contributed by atoms with Crippen molar-refractivity contribution in [2.75, 3.05) is 7.05 Å². The van der Waals surface area contributed by atoms with Crippen molar-refractivity contribution in [3.8, 4) is 5.75 Å². The summed E-state index contributed by atoms with van der Waals surface area (Å²) in [4.78, 5) is 31.2. The Morgan fingerprint density at radius 2 is 1.94 bits per heavy atom. The third kappa shape index (κ3) is 3.26. The first-order chi connectivity index (χ1) is 16.5. The summed E-state index contributed by atoms with van der Waals surface area (Å²) in [5, 5.41) is 11.8. The first-order valence-electron chi connectivity index (χ1n) is 10.9. The van der Waals surface area contributed by atoms with Gasteiger partial charge in [0.25, 0.3) is 5.91 Å². The minimum atomic E-state index is -0.280. The number of nitrogens with one attached hydrogen (secondary N) is 1. The molecule has 34 heavy (non-hydrogen) atoms. The van der Waals surface area contributed by atoms with Crippen LogP contribution in [0.1, 0.15) is 38.4 Å². The molecule has 7 nitrogen and oxygen atoms in total. The first-order valence-corrected chi connectivity index (χ1v) is 10.9. The maximum absolute atomic E-state index is 13.3. The fraction of sp³-hybridized carbons (Fsp3) is 0.154.